The fourth-order valence-corrected chi connectivity index (χ4v) is 1.91. The van der Waals surface area contributed by atoms with Gasteiger partial charge in [0.15, 0.2) is 0 Å². The fourth-order valence-electron chi connectivity index (χ4n) is 1.91. The largest absolute Gasteiger partial charge is 0.481 e. The summed E-state index contributed by atoms with van der Waals surface area (Å²) in [6, 6.07) is -0.357. The first-order chi connectivity index (χ1) is 8.44. The van der Waals surface area contributed by atoms with Crippen LogP contribution in [-0.4, -0.2) is 66.0 Å². The van der Waals surface area contributed by atoms with E-state index in [2.05, 4.69) is 5.32 Å². The quantitative estimate of drug-likeness (QED) is 0.700. The van der Waals surface area contributed by atoms with Gasteiger partial charge in [-0.25, -0.2) is 4.79 Å². The molecule has 2 N–H and O–H groups in total. The van der Waals surface area contributed by atoms with Crippen LogP contribution in [0, 0.1) is 5.41 Å². The molecular formula is C11H17N3O4. The molecule has 1 aliphatic heterocycles. The first-order valence-corrected chi connectivity index (χ1v) is 5.95. The van der Waals surface area contributed by atoms with E-state index >= 15 is 0 Å². The minimum atomic E-state index is -0.864. The average molecular weight is 255 g/mol. The third-order valence-electron chi connectivity index (χ3n) is 3.63. The van der Waals surface area contributed by atoms with E-state index in [4.69, 9.17) is 5.11 Å². The minimum Gasteiger partial charge on any atom is -0.481 e. The van der Waals surface area contributed by atoms with E-state index in [1.165, 1.54) is 4.90 Å². The first-order valence-electron chi connectivity index (χ1n) is 5.95. The van der Waals surface area contributed by atoms with Crippen molar-refractivity contribution in [3.63, 3.8) is 0 Å². The Balaban J connectivity index is 1.82. The minimum absolute atomic E-state index is 0.0579. The maximum absolute atomic E-state index is 11.8. The Bertz CT molecular complexity index is 392. The highest BCUT2D eigenvalue weighted by molar-refractivity contribution is 5.85. The molecule has 7 nitrogen and oxygen atoms in total. The van der Waals surface area contributed by atoms with Crippen molar-refractivity contribution in [2.75, 3.05) is 33.2 Å². The monoisotopic (exact) mass is 255 g/mol. The molecule has 2 aliphatic rings. The van der Waals surface area contributed by atoms with E-state index in [0.717, 1.165) is 0 Å². The zero-order valence-electron chi connectivity index (χ0n) is 10.3. The third kappa shape index (κ3) is 2.39. The number of carbonyl (C=O) groups excluding carboxylic acids is 2. The number of carboxylic acid groups (broad SMARTS) is 1. The number of carboxylic acids is 1. The van der Waals surface area contributed by atoms with Gasteiger partial charge in [-0.1, -0.05) is 0 Å². The van der Waals surface area contributed by atoms with Gasteiger partial charge in [0.25, 0.3) is 0 Å². The van der Waals surface area contributed by atoms with Crippen LogP contribution in [0.3, 0.4) is 0 Å². The van der Waals surface area contributed by atoms with Crippen molar-refractivity contribution in [3.8, 4) is 0 Å². The smallest absolute Gasteiger partial charge is 0.317 e. The lowest BCUT2D eigenvalue weighted by Gasteiger charge is -2.32. The maximum Gasteiger partial charge on any atom is 0.317 e. The second-order valence-electron chi connectivity index (χ2n) is 4.98. The topological polar surface area (TPSA) is 89.9 Å². The molecule has 100 valence electrons. The van der Waals surface area contributed by atoms with Crippen molar-refractivity contribution in [2.45, 2.75) is 12.8 Å². The van der Waals surface area contributed by atoms with Crippen LogP contribution in [0.5, 0.6) is 0 Å². The van der Waals surface area contributed by atoms with Gasteiger partial charge < -0.3 is 20.2 Å². The summed E-state index contributed by atoms with van der Waals surface area (Å²) in [5, 5.41) is 11.6. The van der Waals surface area contributed by atoms with Gasteiger partial charge in [0, 0.05) is 26.7 Å². The van der Waals surface area contributed by atoms with Crippen molar-refractivity contribution < 1.29 is 19.5 Å². The number of urea groups is 1. The van der Waals surface area contributed by atoms with Crippen molar-refractivity contribution in [3.05, 3.63) is 0 Å². The van der Waals surface area contributed by atoms with Gasteiger partial charge in [-0.05, 0) is 12.8 Å². The molecule has 2 fully saturated rings. The third-order valence-corrected chi connectivity index (χ3v) is 3.63. The predicted octanol–water partition coefficient (Wildman–Crippen LogP) is -0.665. The molecular weight excluding hydrogens is 238 g/mol. The second kappa shape index (κ2) is 4.47. The summed E-state index contributed by atoms with van der Waals surface area (Å²) >= 11 is 0. The lowest BCUT2D eigenvalue weighted by Crippen LogP contribution is -2.54. The molecule has 0 unspecified atom stereocenters. The highest BCUT2D eigenvalue weighted by Gasteiger charge is 2.50. The molecule has 18 heavy (non-hydrogen) atoms. The molecule has 1 saturated carbocycles. The summed E-state index contributed by atoms with van der Waals surface area (Å²) in [7, 11) is 1.70. The Morgan fingerprint density at radius 2 is 2.06 bits per heavy atom. The summed E-state index contributed by atoms with van der Waals surface area (Å²) in [6.07, 6.45) is 1.20. The van der Waals surface area contributed by atoms with Crippen LogP contribution in [0.2, 0.25) is 0 Å². The van der Waals surface area contributed by atoms with E-state index in [-0.39, 0.29) is 25.0 Å². The van der Waals surface area contributed by atoms with E-state index in [9.17, 15) is 14.4 Å². The number of hydrogen-bond acceptors (Lipinski definition) is 3. The Morgan fingerprint density at radius 3 is 2.56 bits per heavy atom. The van der Waals surface area contributed by atoms with E-state index < -0.39 is 11.4 Å². The molecule has 0 aromatic carbocycles. The summed E-state index contributed by atoms with van der Waals surface area (Å²) in [5.41, 5.74) is -0.772. The van der Waals surface area contributed by atoms with Crippen LogP contribution in [0.15, 0.2) is 0 Å². The molecule has 0 bridgehead atoms. The number of nitrogens with zero attached hydrogens (tertiary/aromatic N) is 2. The maximum atomic E-state index is 11.8. The van der Waals surface area contributed by atoms with Gasteiger partial charge in [-0.2, -0.15) is 0 Å². The number of aliphatic carboxylic acids is 1. The summed E-state index contributed by atoms with van der Waals surface area (Å²) in [4.78, 5) is 37.2. The van der Waals surface area contributed by atoms with Gasteiger partial charge >= 0.3 is 12.0 Å². The number of amides is 3. The number of hydrogen-bond donors (Lipinski definition) is 2. The van der Waals surface area contributed by atoms with E-state index in [0.29, 0.717) is 25.9 Å². The van der Waals surface area contributed by atoms with Crippen LogP contribution < -0.4 is 5.32 Å². The molecule has 0 radical (unpaired) electrons. The Morgan fingerprint density at radius 1 is 1.39 bits per heavy atom. The van der Waals surface area contributed by atoms with Crippen LogP contribution in [0.1, 0.15) is 12.8 Å². The zero-order chi connectivity index (χ0) is 13.3. The van der Waals surface area contributed by atoms with Crippen molar-refractivity contribution >= 4 is 17.9 Å². The standard InChI is InChI=1S/C11H17N3O4/c1-13-4-5-14(6-8(13)15)10(18)12-7-11(2-3-11)9(16)17/h2-7H2,1H3,(H,12,18)(H,16,17). The zero-order valence-corrected chi connectivity index (χ0v) is 10.3. The number of likely N-dealkylation sites (N-methyl/N-ethyl adjacent to an activating group) is 1. The molecule has 1 heterocycles. The van der Waals surface area contributed by atoms with E-state index in [1.54, 1.807) is 11.9 Å². The lowest BCUT2D eigenvalue weighted by atomic mass is 10.1. The molecule has 0 aromatic rings. The SMILES string of the molecule is CN1CCN(C(=O)NCC2(C(=O)O)CC2)CC1=O. The highest BCUT2D eigenvalue weighted by Crippen LogP contribution is 2.45. The van der Waals surface area contributed by atoms with Crippen molar-refractivity contribution in [1.82, 2.24) is 15.1 Å². The summed E-state index contributed by atoms with van der Waals surface area (Å²) < 4.78 is 0. The van der Waals surface area contributed by atoms with Gasteiger partial charge in [0.2, 0.25) is 5.91 Å². The molecule has 0 spiro atoms. The van der Waals surface area contributed by atoms with Crippen LogP contribution >= 0.6 is 0 Å². The molecule has 0 atom stereocenters. The molecule has 1 saturated heterocycles. The van der Waals surface area contributed by atoms with Crippen LogP contribution in [0.4, 0.5) is 4.79 Å². The Hall–Kier alpha value is -1.79. The Labute approximate surface area is 105 Å². The van der Waals surface area contributed by atoms with E-state index in [1.807, 2.05) is 0 Å². The lowest BCUT2D eigenvalue weighted by molar-refractivity contribution is -0.143. The van der Waals surface area contributed by atoms with Crippen molar-refractivity contribution in [1.29, 1.82) is 0 Å². The molecule has 1 aliphatic carbocycles. The number of nitrogens with one attached hydrogen (secondary N) is 1. The van der Waals surface area contributed by atoms with Gasteiger partial charge in [0.1, 0.15) is 6.54 Å². The van der Waals surface area contributed by atoms with Gasteiger partial charge in [0.05, 0.1) is 5.41 Å². The van der Waals surface area contributed by atoms with Crippen LogP contribution in [0.25, 0.3) is 0 Å². The number of piperazine rings is 1. The second-order valence-corrected chi connectivity index (χ2v) is 4.98. The Kier molecular flexibility index (Phi) is 3.14. The molecule has 2 rings (SSSR count). The average Bonchev–Trinajstić information content (AvgIpc) is 3.11. The number of rotatable bonds is 3. The number of carbonyl (C=O) groups is 3. The van der Waals surface area contributed by atoms with Crippen LogP contribution in [-0.2, 0) is 9.59 Å². The summed E-state index contributed by atoms with van der Waals surface area (Å²) in [5.74, 6) is -0.965. The molecule has 7 heteroatoms. The first kappa shape index (κ1) is 12.7. The van der Waals surface area contributed by atoms with Gasteiger partial charge in [-0.15, -0.1) is 0 Å². The normalized spacial score (nSPS) is 21.7. The molecule has 3 amide bonds. The molecule has 0 aromatic heterocycles. The van der Waals surface area contributed by atoms with Gasteiger partial charge in [-0.3, -0.25) is 9.59 Å². The van der Waals surface area contributed by atoms with Crippen molar-refractivity contribution in [2.24, 2.45) is 5.41 Å². The highest BCUT2D eigenvalue weighted by atomic mass is 16.4. The fraction of sp³-hybridized carbons (Fsp3) is 0.727. The summed E-state index contributed by atoms with van der Waals surface area (Å²) in [6.45, 7) is 1.19. The predicted molar refractivity (Wildman–Crippen MR) is 61.9 cm³/mol.